The average molecular weight is 369 g/mol. The highest BCUT2D eigenvalue weighted by Gasteiger charge is 2.14. The predicted molar refractivity (Wildman–Crippen MR) is 110 cm³/mol. The van der Waals surface area contributed by atoms with E-state index in [-0.39, 0.29) is 0 Å². The van der Waals surface area contributed by atoms with Gasteiger partial charge in [0.25, 0.3) is 0 Å². The van der Waals surface area contributed by atoms with E-state index in [2.05, 4.69) is 60.7 Å². The molecule has 0 saturated carbocycles. The van der Waals surface area contributed by atoms with E-state index >= 15 is 0 Å². The third-order valence-electron chi connectivity index (χ3n) is 5.06. The van der Waals surface area contributed by atoms with Crippen molar-refractivity contribution < 1.29 is 0 Å². The van der Waals surface area contributed by atoms with E-state index in [1.807, 2.05) is 7.05 Å². The van der Waals surface area contributed by atoms with Gasteiger partial charge in [0.15, 0.2) is 5.96 Å². The molecule has 0 aliphatic carbocycles. The van der Waals surface area contributed by atoms with Crippen molar-refractivity contribution >= 4 is 5.96 Å². The maximum atomic E-state index is 4.41. The number of nitrogens with one attached hydrogen (secondary N) is 2. The molecule has 1 aromatic carbocycles. The molecule has 0 amide bonds. The summed E-state index contributed by atoms with van der Waals surface area (Å²) in [4.78, 5) is 4.31. The maximum absolute atomic E-state index is 4.41. The largest absolute Gasteiger partial charge is 0.356 e. The first-order valence-electron chi connectivity index (χ1n) is 10.3. The van der Waals surface area contributed by atoms with Gasteiger partial charge in [-0.2, -0.15) is 0 Å². The summed E-state index contributed by atoms with van der Waals surface area (Å²) in [5.74, 6) is 3.19. The average Bonchev–Trinajstić information content (AvgIpc) is 2.93. The standard InChI is InChI=1S/C21H32N6/c1-22-21(23-15-8-12-18-10-4-2-5-11-18)24-16-9-14-20-26-25-19-13-6-3-7-17-27(19)20/h2,4-5,10-11H,3,6-9,12-17H2,1H3,(H2,22,23,24). The number of aryl methyl sites for hydroxylation is 3. The lowest BCUT2D eigenvalue weighted by Crippen LogP contribution is -2.38. The molecule has 1 aromatic heterocycles. The van der Waals surface area contributed by atoms with Crippen LogP contribution in [-0.2, 0) is 25.8 Å². The molecule has 2 aromatic rings. The van der Waals surface area contributed by atoms with E-state index in [0.717, 1.165) is 63.5 Å². The van der Waals surface area contributed by atoms with Crippen LogP contribution < -0.4 is 10.6 Å². The second kappa shape index (κ2) is 10.7. The monoisotopic (exact) mass is 368 g/mol. The van der Waals surface area contributed by atoms with Crippen LogP contribution in [0.1, 0.15) is 49.3 Å². The first-order valence-corrected chi connectivity index (χ1v) is 10.3. The van der Waals surface area contributed by atoms with Crippen LogP contribution in [0.25, 0.3) is 0 Å². The smallest absolute Gasteiger partial charge is 0.190 e. The van der Waals surface area contributed by atoms with Crippen molar-refractivity contribution in [2.45, 2.75) is 57.9 Å². The molecule has 6 nitrogen and oxygen atoms in total. The number of hydrogen-bond donors (Lipinski definition) is 2. The molecule has 146 valence electrons. The van der Waals surface area contributed by atoms with Gasteiger partial charge in [-0.15, -0.1) is 10.2 Å². The molecular weight excluding hydrogens is 336 g/mol. The minimum Gasteiger partial charge on any atom is -0.356 e. The van der Waals surface area contributed by atoms with Crippen LogP contribution in [0.2, 0.25) is 0 Å². The van der Waals surface area contributed by atoms with Crippen LogP contribution in [-0.4, -0.2) is 40.9 Å². The topological polar surface area (TPSA) is 67.1 Å². The molecule has 3 rings (SSSR count). The number of benzene rings is 1. The summed E-state index contributed by atoms with van der Waals surface area (Å²) < 4.78 is 2.34. The number of aromatic nitrogens is 3. The molecule has 27 heavy (non-hydrogen) atoms. The first-order chi connectivity index (χ1) is 13.4. The van der Waals surface area contributed by atoms with Gasteiger partial charge in [-0.25, -0.2) is 0 Å². The van der Waals surface area contributed by atoms with Crippen molar-refractivity contribution in [1.29, 1.82) is 0 Å². The number of fused-ring (bicyclic) bond motifs is 1. The molecule has 0 unspecified atom stereocenters. The Morgan fingerprint density at radius 2 is 1.78 bits per heavy atom. The maximum Gasteiger partial charge on any atom is 0.190 e. The molecule has 6 heteroatoms. The number of aliphatic imine (C=N–C) groups is 1. The first kappa shape index (κ1) is 19.4. The van der Waals surface area contributed by atoms with Gasteiger partial charge in [-0.1, -0.05) is 36.8 Å². The highest BCUT2D eigenvalue weighted by molar-refractivity contribution is 5.79. The molecule has 0 saturated heterocycles. The van der Waals surface area contributed by atoms with Crippen molar-refractivity contribution in [2.24, 2.45) is 4.99 Å². The number of guanidine groups is 1. The summed E-state index contributed by atoms with van der Waals surface area (Å²) >= 11 is 0. The zero-order valence-corrected chi connectivity index (χ0v) is 16.5. The van der Waals surface area contributed by atoms with Crippen LogP contribution in [0.3, 0.4) is 0 Å². The zero-order chi connectivity index (χ0) is 18.7. The van der Waals surface area contributed by atoms with E-state index in [1.165, 1.54) is 30.7 Å². The number of hydrogen-bond acceptors (Lipinski definition) is 3. The lowest BCUT2D eigenvalue weighted by Gasteiger charge is -2.12. The van der Waals surface area contributed by atoms with E-state index < -0.39 is 0 Å². The van der Waals surface area contributed by atoms with Crippen molar-refractivity contribution in [3.63, 3.8) is 0 Å². The molecule has 0 spiro atoms. The highest BCUT2D eigenvalue weighted by atomic mass is 15.3. The zero-order valence-electron chi connectivity index (χ0n) is 16.5. The Balaban J connectivity index is 1.32. The number of nitrogens with zero attached hydrogens (tertiary/aromatic N) is 4. The van der Waals surface area contributed by atoms with Crippen molar-refractivity contribution in [2.75, 3.05) is 20.1 Å². The van der Waals surface area contributed by atoms with Crippen LogP contribution in [0.4, 0.5) is 0 Å². The van der Waals surface area contributed by atoms with E-state index in [0.29, 0.717) is 0 Å². The van der Waals surface area contributed by atoms with Gasteiger partial charge in [-0.05, 0) is 37.7 Å². The fourth-order valence-corrected chi connectivity index (χ4v) is 3.55. The Morgan fingerprint density at radius 1 is 1.00 bits per heavy atom. The fraction of sp³-hybridized carbons (Fsp3) is 0.571. The van der Waals surface area contributed by atoms with Crippen LogP contribution >= 0.6 is 0 Å². The highest BCUT2D eigenvalue weighted by Crippen LogP contribution is 2.15. The molecule has 1 aliphatic rings. The van der Waals surface area contributed by atoms with Crippen molar-refractivity contribution in [3.05, 3.63) is 47.5 Å². The molecule has 2 heterocycles. The summed E-state index contributed by atoms with van der Waals surface area (Å²) in [5, 5.41) is 15.6. The van der Waals surface area contributed by atoms with E-state index in [4.69, 9.17) is 0 Å². The Kier molecular flexibility index (Phi) is 7.69. The van der Waals surface area contributed by atoms with E-state index in [9.17, 15) is 0 Å². The van der Waals surface area contributed by atoms with E-state index in [1.54, 1.807) is 0 Å². The van der Waals surface area contributed by atoms with Crippen LogP contribution in [0.15, 0.2) is 35.3 Å². The van der Waals surface area contributed by atoms with Gasteiger partial charge in [0.1, 0.15) is 11.6 Å². The molecule has 0 fully saturated rings. The Hall–Kier alpha value is -2.37. The van der Waals surface area contributed by atoms with Crippen molar-refractivity contribution in [3.8, 4) is 0 Å². The van der Waals surface area contributed by atoms with Gasteiger partial charge in [0, 0.05) is 39.5 Å². The van der Waals surface area contributed by atoms with Crippen LogP contribution in [0, 0.1) is 0 Å². The van der Waals surface area contributed by atoms with Crippen LogP contribution in [0.5, 0.6) is 0 Å². The van der Waals surface area contributed by atoms with Gasteiger partial charge in [0.05, 0.1) is 0 Å². The molecule has 0 atom stereocenters. The lowest BCUT2D eigenvalue weighted by atomic mass is 10.1. The SMILES string of the molecule is CN=C(NCCCc1ccccc1)NCCCc1nnc2n1CCCCC2. The molecule has 0 bridgehead atoms. The second-order valence-corrected chi connectivity index (χ2v) is 7.11. The second-order valence-electron chi connectivity index (χ2n) is 7.11. The van der Waals surface area contributed by atoms with Gasteiger partial charge >= 0.3 is 0 Å². The molecule has 1 aliphatic heterocycles. The normalized spacial score (nSPS) is 14.5. The summed E-state index contributed by atoms with van der Waals surface area (Å²) in [6.07, 6.45) is 9.04. The minimum atomic E-state index is 0.878. The van der Waals surface area contributed by atoms with Crippen molar-refractivity contribution in [1.82, 2.24) is 25.4 Å². The number of rotatable bonds is 8. The lowest BCUT2D eigenvalue weighted by molar-refractivity contribution is 0.593. The minimum absolute atomic E-state index is 0.878. The molecule has 2 N–H and O–H groups in total. The summed E-state index contributed by atoms with van der Waals surface area (Å²) in [6.45, 7) is 2.89. The molecule has 0 radical (unpaired) electrons. The fourth-order valence-electron chi connectivity index (χ4n) is 3.55. The van der Waals surface area contributed by atoms with Gasteiger partial charge in [-0.3, -0.25) is 4.99 Å². The summed E-state index contributed by atoms with van der Waals surface area (Å²) in [6, 6.07) is 10.6. The third-order valence-corrected chi connectivity index (χ3v) is 5.06. The summed E-state index contributed by atoms with van der Waals surface area (Å²) in [7, 11) is 1.82. The third kappa shape index (κ3) is 6.08. The van der Waals surface area contributed by atoms with Gasteiger partial charge < -0.3 is 15.2 Å². The Bertz CT molecular complexity index is 707. The molecular formula is C21H32N6. The quantitative estimate of drug-likeness (QED) is 0.427. The summed E-state index contributed by atoms with van der Waals surface area (Å²) in [5.41, 5.74) is 1.38. The van der Waals surface area contributed by atoms with Gasteiger partial charge in [0.2, 0.25) is 0 Å². The Labute approximate surface area is 162 Å². The Morgan fingerprint density at radius 3 is 2.56 bits per heavy atom. The predicted octanol–water partition coefficient (Wildman–Crippen LogP) is 2.73.